The molecule has 6 unspecified atom stereocenters. The number of carboxylic acids is 3. The van der Waals surface area contributed by atoms with Crippen LogP contribution in [0.15, 0.2) is 203 Å². The molecule has 0 radical (unpaired) electrons. The van der Waals surface area contributed by atoms with E-state index < -0.39 is 35.7 Å². The molecule has 4 saturated carbocycles. The van der Waals surface area contributed by atoms with E-state index in [1.807, 2.05) is 73.2 Å². The van der Waals surface area contributed by atoms with Gasteiger partial charge in [0.15, 0.2) is 17.3 Å². The van der Waals surface area contributed by atoms with E-state index in [2.05, 4.69) is 96.4 Å². The molecule has 21 nitrogen and oxygen atoms in total. The molecule has 3 N–H and O–H groups in total. The molecule has 9 aliphatic carbocycles. The summed E-state index contributed by atoms with van der Waals surface area (Å²) in [5.41, 5.74) is 6.70. The highest BCUT2D eigenvalue weighted by molar-refractivity contribution is 6.04. The van der Waals surface area contributed by atoms with Gasteiger partial charge < -0.3 is 43.7 Å². The van der Waals surface area contributed by atoms with Gasteiger partial charge in [-0.2, -0.15) is 0 Å². The third-order valence-electron chi connectivity index (χ3n) is 25.6. The number of pyridine rings is 3. The maximum Gasteiger partial charge on any atom is 0.307 e. The van der Waals surface area contributed by atoms with Crippen molar-refractivity contribution < 1.29 is 86.9 Å². The van der Waals surface area contributed by atoms with E-state index in [-0.39, 0.29) is 162 Å². The number of carboxylic acid groups (broad SMARTS) is 3. The molecule has 6 aromatic rings. The lowest BCUT2D eigenvalue weighted by Crippen LogP contribution is -2.44. The van der Waals surface area contributed by atoms with Crippen LogP contribution in [-0.2, 0) is 71.6 Å². The number of aromatic nitrogens is 3. The van der Waals surface area contributed by atoms with E-state index in [1.54, 1.807) is 18.6 Å². The van der Waals surface area contributed by atoms with Gasteiger partial charge in [-0.05, 0) is 136 Å². The summed E-state index contributed by atoms with van der Waals surface area (Å²) < 4.78 is 37.1. The molecule has 554 valence electrons. The summed E-state index contributed by atoms with van der Waals surface area (Å²) in [5, 5.41) is 34.9. The van der Waals surface area contributed by atoms with Gasteiger partial charge in [0, 0.05) is 159 Å². The van der Waals surface area contributed by atoms with Crippen LogP contribution in [0.5, 0.6) is 0 Å². The Bertz CT molecular complexity index is 4960. The van der Waals surface area contributed by atoms with E-state index >= 15 is 0 Å². The number of carbonyl (C=O) groups is 9. The van der Waals surface area contributed by atoms with E-state index in [1.165, 1.54) is 20.8 Å². The fourth-order valence-electron chi connectivity index (χ4n) is 20.5. The maximum atomic E-state index is 12.7. The van der Waals surface area contributed by atoms with Crippen LogP contribution >= 0.6 is 0 Å². The number of esters is 3. The van der Waals surface area contributed by atoms with Crippen molar-refractivity contribution in [3.05, 3.63) is 220 Å². The number of allylic oxidation sites excluding steroid dienone is 11. The average molecular weight is 1460 g/mol. The number of benzene rings is 3. The highest BCUT2D eigenvalue weighted by Gasteiger charge is 2.63. The number of carbonyl (C=O) groups excluding carboxylic acids is 6. The number of hydrogen-bond acceptors (Lipinski definition) is 18. The maximum absolute atomic E-state index is 12.7. The Kier molecular flexibility index (Phi) is 18.1. The molecule has 18 atom stereocenters. The minimum absolute atomic E-state index is 0.00901. The summed E-state index contributed by atoms with van der Waals surface area (Å²) in [5.74, 6) is -5.49. The normalized spacial score (nSPS) is 32.9. The minimum atomic E-state index is -0.983. The Morgan fingerprint density at radius 1 is 0.435 bits per heavy atom. The second-order valence-electron chi connectivity index (χ2n) is 32.0. The zero-order valence-electron chi connectivity index (χ0n) is 60.7. The van der Waals surface area contributed by atoms with Crippen LogP contribution < -0.4 is 0 Å². The van der Waals surface area contributed by atoms with Crippen LogP contribution in [-0.4, -0.2) is 120 Å². The fraction of sp³-hybridized carbons (Fsp3) is 0.402. The first-order valence-corrected chi connectivity index (χ1v) is 37.3. The highest BCUT2D eigenvalue weighted by atomic mass is 16.6. The first kappa shape index (κ1) is 71.3. The summed E-state index contributed by atoms with van der Waals surface area (Å²) in [6.07, 6.45) is 27.1. The van der Waals surface area contributed by atoms with Crippen LogP contribution in [0.3, 0.4) is 0 Å². The number of hydrogen-bond donors (Lipinski definition) is 3. The van der Waals surface area contributed by atoms with Crippen molar-refractivity contribution in [3.63, 3.8) is 0 Å². The van der Waals surface area contributed by atoms with Gasteiger partial charge in [-0.25, -0.2) is 0 Å². The van der Waals surface area contributed by atoms with Crippen LogP contribution in [0, 0.1) is 51.8 Å². The molecular weight excluding hydrogens is 1370 g/mol. The van der Waals surface area contributed by atoms with E-state index in [0.29, 0.717) is 53.3 Å². The van der Waals surface area contributed by atoms with Gasteiger partial charge in [0.2, 0.25) is 0 Å². The minimum Gasteiger partial charge on any atom is -0.489 e. The summed E-state index contributed by atoms with van der Waals surface area (Å²) in [6.45, 7) is 10.9. The van der Waals surface area contributed by atoms with Crippen molar-refractivity contribution in [2.75, 3.05) is 0 Å². The Labute approximate surface area is 622 Å². The second kappa shape index (κ2) is 27.4. The summed E-state index contributed by atoms with van der Waals surface area (Å²) in [4.78, 5) is 122. The third-order valence-corrected chi connectivity index (χ3v) is 25.6. The first-order chi connectivity index (χ1) is 51.7. The number of rotatable bonds is 9. The van der Waals surface area contributed by atoms with Gasteiger partial charge in [-0.1, -0.05) is 87.5 Å². The predicted octanol–water partition coefficient (Wildman–Crippen LogP) is 13.7. The van der Waals surface area contributed by atoms with Crippen molar-refractivity contribution in [1.82, 2.24) is 15.0 Å². The Hall–Kier alpha value is -11.0. The van der Waals surface area contributed by atoms with Crippen molar-refractivity contribution >= 4 is 85.5 Å². The smallest absolute Gasteiger partial charge is 0.307 e. The molecule has 108 heavy (non-hydrogen) atoms. The van der Waals surface area contributed by atoms with E-state index in [4.69, 9.17) is 28.4 Å². The molecule has 0 spiro atoms. The van der Waals surface area contributed by atoms with E-state index in [0.717, 1.165) is 78.6 Å². The quantitative estimate of drug-likeness (QED) is 0.0894. The van der Waals surface area contributed by atoms with Gasteiger partial charge in [0.1, 0.15) is 53.9 Å². The summed E-state index contributed by atoms with van der Waals surface area (Å²) in [7, 11) is 0. The van der Waals surface area contributed by atoms with Crippen LogP contribution in [0.1, 0.15) is 147 Å². The average Bonchev–Trinajstić information content (AvgIpc) is 1.56. The SMILES string of the molecule is CC(=O)OC1C[C@H]2[C@@H]3OC4=C(C=C3C=C[C@]2(C)[C@H]1c1ccc2ccncc2c1)C(=O)CC(C(=O)O)C4.CC(=O)OC1C[C@H]2[C@@H]3OC4=C(C=C3C=C[C@]2(C)[C@H]1c1ccc2cnccc2c1)C(=O)CC(C(=O)O)C4.CC(=O)OC1C[C@H]2[C@@H]3OC4=C(C=C3CC[C@]2(C)[C@H]1c1ccc2ccncc2c1)C(=O)CC(C(=O)O)C4. The van der Waals surface area contributed by atoms with Crippen molar-refractivity contribution in [2.45, 2.75) is 167 Å². The van der Waals surface area contributed by atoms with Crippen molar-refractivity contribution in [1.29, 1.82) is 0 Å². The van der Waals surface area contributed by atoms with Crippen molar-refractivity contribution in [2.24, 2.45) is 51.8 Å². The number of aliphatic carboxylic acids is 3. The zero-order valence-corrected chi connectivity index (χ0v) is 60.7. The lowest BCUT2D eigenvalue weighted by molar-refractivity contribution is -0.148. The molecule has 3 aromatic heterocycles. The topological polar surface area (TPSA) is 308 Å². The van der Waals surface area contributed by atoms with Gasteiger partial charge >= 0.3 is 35.8 Å². The molecule has 3 aliphatic heterocycles. The molecule has 0 saturated heterocycles. The van der Waals surface area contributed by atoms with Crippen LogP contribution in [0.2, 0.25) is 0 Å². The predicted molar refractivity (Wildman–Crippen MR) is 392 cm³/mol. The van der Waals surface area contributed by atoms with Crippen LogP contribution in [0.25, 0.3) is 32.3 Å². The molecule has 0 amide bonds. The molecular formula is C87H83N3O18. The lowest BCUT2D eigenvalue weighted by atomic mass is 9.61. The largest absolute Gasteiger partial charge is 0.489 e. The number of fused-ring (bicyclic) bond motifs is 12. The lowest BCUT2D eigenvalue weighted by Gasteiger charge is -2.48. The Morgan fingerprint density at radius 2 is 0.806 bits per heavy atom. The third kappa shape index (κ3) is 12.5. The Morgan fingerprint density at radius 3 is 1.24 bits per heavy atom. The molecule has 18 rings (SSSR count). The van der Waals surface area contributed by atoms with Gasteiger partial charge in [0.05, 0.1) is 34.5 Å². The molecule has 0 bridgehead atoms. The monoisotopic (exact) mass is 1460 g/mol. The first-order valence-electron chi connectivity index (χ1n) is 37.3. The Balaban J connectivity index is 0.000000124. The van der Waals surface area contributed by atoms with Gasteiger partial charge in [-0.3, -0.25) is 58.1 Å². The van der Waals surface area contributed by atoms with Crippen molar-refractivity contribution in [3.8, 4) is 0 Å². The molecule has 4 fully saturated rings. The summed E-state index contributed by atoms with van der Waals surface area (Å²) in [6, 6.07) is 24.9. The van der Waals surface area contributed by atoms with Crippen LogP contribution in [0.4, 0.5) is 0 Å². The van der Waals surface area contributed by atoms with Gasteiger partial charge in [0.25, 0.3) is 0 Å². The molecule has 3 aromatic carbocycles. The zero-order chi connectivity index (χ0) is 75.6. The van der Waals surface area contributed by atoms with Gasteiger partial charge in [-0.15, -0.1) is 0 Å². The molecule has 21 heteroatoms. The standard InChI is InChI=1S/C29H27NO6.C29H29NO6.C29H27NO6/c1-15(31)35-25-13-22-27-18(10-21-23(32)11-20(28(33)34)12-24(21)36-27)5-7-29(22,2)26(25)17-3-4-19-14-30-8-6-16(19)9-17;2*1-15(31)35-25-13-22-27-18(10-21-23(32)11-19(28(33)34)12-24(21)36-27)5-7-29(22,2)26(25)17-4-3-16-6-8-30-14-20(16)9-17/h3-10,14,20,22,25-27H,11-13H2,1-2H3,(H,33,34);3-4,6,8-10,14,19,22,25-27H,5,7,11-13H2,1-2H3,(H,33,34);3-10,14,19,22,25-27H,11-13H2,1-2H3,(H,33,34)/t20?,22-,25?,26-,27+,29-;2*19?,22-,25?,26-,27+,29-/m000/s1. The number of nitrogens with zero attached hydrogens (tertiary/aromatic N) is 3. The van der Waals surface area contributed by atoms with E-state index in [9.17, 15) is 58.5 Å². The summed E-state index contributed by atoms with van der Waals surface area (Å²) >= 11 is 0. The highest BCUT2D eigenvalue weighted by Crippen LogP contribution is 2.65. The number of Topliss-reactive ketones (excluding diaryl/α,β-unsaturated/α-hetero) is 3. The number of ketones is 3. The second-order valence-corrected chi connectivity index (χ2v) is 32.0. The molecule has 12 aliphatic rings. The molecule has 6 heterocycles. The fourth-order valence-corrected chi connectivity index (χ4v) is 20.5. The number of ether oxygens (including phenoxy) is 6.